The number of rotatable bonds is 9. The molecule has 0 aromatic carbocycles. The summed E-state index contributed by atoms with van der Waals surface area (Å²) in [5, 5.41) is 3.65. The summed E-state index contributed by atoms with van der Waals surface area (Å²) < 4.78 is 5.12. The normalized spacial score (nSPS) is 27.0. The summed E-state index contributed by atoms with van der Waals surface area (Å²) in [6.07, 6.45) is 10.9. The Balaban J connectivity index is 1.92. The molecule has 122 valence electrons. The van der Waals surface area contributed by atoms with E-state index >= 15 is 0 Å². The van der Waals surface area contributed by atoms with E-state index in [1.807, 2.05) is 0 Å². The predicted molar refractivity (Wildman–Crippen MR) is 85.0 cm³/mol. The van der Waals surface area contributed by atoms with Crippen LogP contribution in [0.5, 0.6) is 0 Å². The summed E-state index contributed by atoms with van der Waals surface area (Å²) in [7, 11) is 1.74. The molecule has 1 amide bonds. The average molecular weight is 296 g/mol. The second-order valence-electron chi connectivity index (χ2n) is 6.58. The van der Waals surface area contributed by atoms with Gasteiger partial charge in [-0.05, 0) is 38.0 Å². The summed E-state index contributed by atoms with van der Waals surface area (Å²) >= 11 is 0. The van der Waals surface area contributed by atoms with Crippen LogP contribution in [0.2, 0.25) is 0 Å². The third kappa shape index (κ3) is 4.43. The van der Waals surface area contributed by atoms with E-state index < -0.39 is 0 Å². The maximum atomic E-state index is 12.7. The molecule has 0 radical (unpaired) electrons. The van der Waals surface area contributed by atoms with Gasteiger partial charge < -0.3 is 9.64 Å². The molecule has 0 spiro atoms. The van der Waals surface area contributed by atoms with E-state index in [0.29, 0.717) is 18.0 Å². The molecule has 1 heterocycles. The fraction of sp³-hybridized carbons (Fsp3) is 0.941. The zero-order chi connectivity index (χ0) is 15.1. The van der Waals surface area contributed by atoms with Gasteiger partial charge in [-0.25, -0.2) is 0 Å². The Morgan fingerprint density at radius 1 is 1.24 bits per heavy atom. The lowest BCUT2D eigenvalue weighted by Crippen LogP contribution is -2.43. The largest absolute Gasteiger partial charge is 0.385 e. The van der Waals surface area contributed by atoms with Crippen LogP contribution in [0.1, 0.15) is 64.7 Å². The van der Waals surface area contributed by atoms with E-state index in [-0.39, 0.29) is 6.04 Å². The molecule has 1 N–H and O–H groups in total. The third-order valence-electron chi connectivity index (χ3n) is 4.98. The fourth-order valence-corrected chi connectivity index (χ4v) is 3.76. The number of ether oxygens (including phenoxy) is 1. The van der Waals surface area contributed by atoms with E-state index in [0.717, 1.165) is 45.3 Å². The Bertz CT molecular complexity index is 316. The van der Waals surface area contributed by atoms with E-state index in [2.05, 4.69) is 17.1 Å². The van der Waals surface area contributed by atoms with Gasteiger partial charge in [0.2, 0.25) is 5.91 Å². The number of nitrogens with zero attached hydrogens (tertiary/aromatic N) is 1. The van der Waals surface area contributed by atoms with Gasteiger partial charge in [-0.15, -0.1) is 0 Å². The Labute approximate surface area is 129 Å². The molecule has 2 aliphatic rings. The summed E-state index contributed by atoms with van der Waals surface area (Å²) in [4.78, 5) is 14.8. The van der Waals surface area contributed by atoms with Gasteiger partial charge >= 0.3 is 0 Å². The standard InChI is InChI=1S/C17H32N2O2/c1-3-4-11-15-17(20)19(12-7-8-13-21-2)16(18-15)14-9-5-6-10-14/h14-16,18H,3-13H2,1-2H3. The van der Waals surface area contributed by atoms with Crippen LogP contribution in [0.3, 0.4) is 0 Å². The van der Waals surface area contributed by atoms with Gasteiger partial charge in [-0.2, -0.15) is 0 Å². The molecule has 2 fully saturated rings. The molecule has 1 aliphatic heterocycles. The van der Waals surface area contributed by atoms with Crippen molar-refractivity contribution in [1.29, 1.82) is 0 Å². The lowest BCUT2D eigenvalue weighted by atomic mass is 10.0. The van der Waals surface area contributed by atoms with Crippen LogP contribution in [0.15, 0.2) is 0 Å². The highest BCUT2D eigenvalue weighted by Crippen LogP contribution is 2.32. The maximum Gasteiger partial charge on any atom is 0.241 e. The molecule has 4 heteroatoms. The van der Waals surface area contributed by atoms with Gasteiger partial charge in [0.05, 0.1) is 12.2 Å². The van der Waals surface area contributed by atoms with Gasteiger partial charge in [-0.3, -0.25) is 10.1 Å². The summed E-state index contributed by atoms with van der Waals surface area (Å²) in [5.41, 5.74) is 0. The average Bonchev–Trinajstić information content (AvgIpc) is 3.11. The van der Waals surface area contributed by atoms with Gasteiger partial charge in [0.15, 0.2) is 0 Å². The summed E-state index contributed by atoms with van der Waals surface area (Å²) in [6, 6.07) is 0.0676. The molecule has 21 heavy (non-hydrogen) atoms. The maximum absolute atomic E-state index is 12.7. The van der Waals surface area contributed by atoms with Crippen molar-refractivity contribution in [2.45, 2.75) is 76.9 Å². The van der Waals surface area contributed by atoms with Crippen molar-refractivity contribution in [3.8, 4) is 0 Å². The van der Waals surface area contributed by atoms with Crippen LogP contribution in [-0.4, -0.2) is 43.3 Å². The topological polar surface area (TPSA) is 41.6 Å². The third-order valence-corrected chi connectivity index (χ3v) is 4.98. The van der Waals surface area contributed by atoms with Crippen LogP contribution < -0.4 is 5.32 Å². The molecule has 2 atom stereocenters. The number of carbonyl (C=O) groups is 1. The number of unbranched alkanes of at least 4 members (excludes halogenated alkanes) is 2. The molecule has 0 bridgehead atoms. The number of methoxy groups -OCH3 is 1. The first-order valence-electron chi connectivity index (χ1n) is 8.83. The lowest BCUT2D eigenvalue weighted by Gasteiger charge is -2.29. The Morgan fingerprint density at radius 2 is 2.00 bits per heavy atom. The number of hydrogen-bond acceptors (Lipinski definition) is 3. The fourth-order valence-electron chi connectivity index (χ4n) is 3.76. The van der Waals surface area contributed by atoms with Crippen LogP contribution in [0, 0.1) is 5.92 Å². The Morgan fingerprint density at radius 3 is 2.67 bits per heavy atom. The quantitative estimate of drug-likeness (QED) is 0.665. The van der Waals surface area contributed by atoms with Gasteiger partial charge in [0.25, 0.3) is 0 Å². The van der Waals surface area contributed by atoms with Crippen LogP contribution in [0.25, 0.3) is 0 Å². The highest BCUT2D eigenvalue weighted by Gasteiger charge is 2.42. The van der Waals surface area contributed by atoms with Crippen LogP contribution in [0.4, 0.5) is 0 Å². The molecular formula is C17H32N2O2. The predicted octanol–water partition coefficient (Wildman–Crippen LogP) is 2.92. The zero-order valence-corrected chi connectivity index (χ0v) is 13.8. The minimum atomic E-state index is 0.0676. The van der Waals surface area contributed by atoms with E-state index in [1.54, 1.807) is 7.11 Å². The number of carbonyl (C=O) groups excluding carboxylic acids is 1. The second-order valence-corrected chi connectivity index (χ2v) is 6.58. The molecule has 1 aliphatic carbocycles. The molecule has 1 saturated carbocycles. The van der Waals surface area contributed by atoms with Crippen molar-refractivity contribution in [3.63, 3.8) is 0 Å². The molecular weight excluding hydrogens is 264 g/mol. The van der Waals surface area contributed by atoms with Crippen molar-refractivity contribution < 1.29 is 9.53 Å². The molecule has 0 aromatic heterocycles. The van der Waals surface area contributed by atoms with Crippen molar-refractivity contribution >= 4 is 5.91 Å². The number of nitrogens with one attached hydrogen (secondary N) is 1. The highest BCUT2D eigenvalue weighted by atomic mass is 16.5. The van der Waals surface area contributed by atoms with E-state index in [1.165, 1.54) is 25.7 Å². The summed E-state index contributed by atoms with van der Waals surface area (Å²) in [6.45, 7) is 3.87. The van der Waals surface area contributed by atoms with Gasteiger partial charge in [0.1, 0.15) is 0 Å². The van der Waals surface area contributed by atoms with Gasteiger partial charge in [-0.1, -0.05) is 32.6 Å². The number of hydrogen-bond donors (Lipinski definition) is 1. The Kier molecular flexibility index (Phi) is 6.97. The smallest absolute Gasteiger partial charge is 0.241 e. The Hall–Kier alpha value is -0.610. The monoisotopic (exact) mass is 296 g/mol. The zero-order valence-electron chi connectivity index (χ0n) is 13.8. The van der Waals surface area contributed by atoms with Crippen molar-refractivity contribution in [2.75, 3.05) is 20.3 Å². The highest BCUT2D eigenvalue weighted by molar-refractivity contribution is 5.84. The van der Waals surface area contributed by atoms with Crippen LogP contribution >= 0.6 is 0 Å². The second kappa shape index (κ2) is 8.74. The first-order valence-corrected chi connectivity index (χ1v) is 8.83. The van der Waals surface area contributed by atoms with Gasteiger partial charge in [0, 0.05) is 20.3 Å². The summed E-state index contributed by atoms with van der Waals surface area (Å²) in [5.74, 6) is 1.01. The first-order chi connectivity index (χ1) is 10.3. The first kappa shape index (κ1) is 16.8. The molecule has 4 nitrogen and oxygen atoms in total. The van der Waals surface area contributed by atoms with E-state index in [4.69, 9.17) is 4.74 Å². The SMILES string of the molecule is CCCCC1NC(C2CCCC2)N(CCCCOC)C1=O. The molecule has 0 aromatic rings. The van der Waals surface area contributed by atoms with Crippen molar-refractivity contribution in [1.82, 2.24) is 10.2 Å². The molecule has 2 rings (SSSR count). The van der Waals surface area contributed by atoms with Crippen LogP contribution in [-0.2, 0) is 9.53 Å². The molecule has 1 saturated heterocycles. The minimum absolute atomic E-state index is 0.0676. The minimum Gasteiger partial charge on any atom is -0.385 e. The molecule has 2 unspecified atom stereocenters. The number of amides is 1. The van der Waals surface area contributed by atoms with E-state index in [9.17, 15) is 4.79 Å². The van der Waals surface area contributed by atoms with Crippen molar-refractivity contribution in [3.05, 3.63) is 0 Å². The lowest BCUT2D eigenvalue weighted by molar-refractivity contribution is -0.130. The van der Waals surface area contributed by atoms with Crippen molar-refractivity contribution in [2.24, 2.45) is 5.92 Å².